The fourth-order valence-corrected chi connectivity index (χ4v) is 1.61. The van der Waals surface area contributed by atoms with Gasteiger partial charge in [0, 0.05) is 32.2 Å². The van der Waals surface area contributed by atoms with Crippen molar-refractivity contribution in [1.29, 1.82) is 5.26 Å². The van der Waals surface area contributed by atoms with Crippen molar-refractivity contribution in [2.24, 2.45) is 0 Å². The van der Waals surface area contributed by atoms with Gasteiger partial charge >= 0.3 is 0 Å². The van der Waals surface area contributed by atoms with Crippen LogP contribution < -0.4 is 0 Å². The molecule has 0 aliphatic carbocycles. The van der Waals surface area contributed by atoms with Gasteiger partial charge in [0.25, 0.3) is 5.91 Å². The molecule has 0 aliphatic rings. The minimum Gasteiger partial charge on any atom is -0.367 e. The van der Waals surface area contributed by atoms with Gasteiger partial charge in [0.2, 0.25) is 0 Å². The van der Waals surface area contributed by atoms with Crippen molar-refractivity contribution in [3.05, 3.63) is 53.6 Å². The van der Waals surface area contributed by atoms with Gasteiger partial charge in [-0.15, -0.1) is 0 Å². The molecule has 1 amide bonds. The molecule has 0 saturated heterocycles. The van der Waals surface area contributed by atoms with Crippen LogP contribution in [-0.2, 0) is 6.54 Å². The van der Waals surface area contributed by atoms with Crippen LogP contribution in [0.25, 0.3) is 0 Å². The van der Waals surface area contributed by atoms with E-state index in [1.54, 1.807) is 18.0 Å². The maximum atomic E-state index is 12.1. The molecule has 2 rings (SSSR count). The standard InChI is InChI=1S/C13H12N4O/c1-17(9-10-4-5-15-7-10)13(18)11-2-3-12(6-14)16-8-11/h2-5,7-8,15H,9H2,1H3. The highest BCUT2D eigenvalue weighted by Crippen LogP contribution is 2.07. The fourth-order valence-electron chi connectivity index (χ4n) is 1.61. The second-order valence-corrected chi connectivity index (χ2v) is 3.92. The molecule has 2 heterocycles. The van der Waals surface area contributed by atoms with E-state index >= 15 is 0 Å². The molecule has 0 fully saturated rings. The highest BCUT2D eigenvalue weighted by Gasteiger charge is 2.12. The average molecular weight is 240 g/mol. The third kappa shape index (κ3) is 2.55. The Kier molecular flexibility index (Phi) is 3.39. The summed E-state index contributed by atoms with van der Waals surface area (Å²) < 4.78 is 0. The third-order valence-electron chi connectivity index (χ3n) is 2.55. The number of rotatable bonds is 3. The highest BCUT2D eigenvalue weighted by atomic mass is 16.2. The molecule has 90 valence electrons. The van der Waals surface area contributed by atoms with Gasteiger partial charge in [-0.1, -0.05) is 0 Å². The van der Waals surface area contributed by atoms with Crippen LogP contribution in [0, 0.1) is 11.3 Å². The Bertz CT molecular complexity index is 566. The molecule has 1 N–H and O–H groups in total. The molecule has 2 aromatic heterocycles. The van der Waals surface area contributed by atoms with E-state index in [-0.39, 0.29) is 5.91 Å². The molecule has 0 radical (unpaired) electrons. The van der Waals surface area contributed by atoms with Crippen LogP contribution in [0.2, 0.25) is 0 Å². The summed E-state index contributed by atoms with van der Waals surface area (Å²) in [5, 5.41) is 8.64. The van der Waals surface area contributed by atoms with Crippen molar-refractivity contribution >= 4 is 5.91 Å². The quantitative estimate of drug-likeness (QED) is 0.884. The van der Waals surface area contributed by atoms with Gasteiger partial charge in [0.05, 0.1) is 5.56 Å². The molecule has 0 atom stereocenters. The van der Waals surface area contributed by atoms with Crippen LogP contribution in [0.5, 0.6) is 0 Å². The number of aromatic amines is 1. The van der Waals surface area contributed by atoms with Gasteiger partial charge in [-0.2, -0.15) is 5.26 Å². The fraction of sp³-hybridized carbons (Fsp3) is 0.154. The zero-order chi connectivity index (χ0) is 13.0. The summed E-state index contributed by atoms with van der Waals surface area (Å²) in [6.07, 6.45) is 5.09. The topological polar surface area (TPSA) is 72.8 Å². The number of hydrogen-bond donors (Lipinski definition) is 1. The number of nitrogens with zero attached hydrogens (tertiary/aromatic N) is 3. The molecule has 0 unspecified atom stereocenters. The van der Waals surface area contributed by atoms with E-state index in [0.29, 0.717) is 17.8 Å². The molecule has 0 aromatic carbocycles. The Balaban J connectivity index is 2.08. The van der Waals surface area contributed by atoms with Crippen LogP contribution in [0.4, 0.5) is 0 Å². The first kappa shape index (κ1) is 11.9. The second-order valence-electron chi connectivity index (χ2n) is 3.92. The molecule has 0 spiro atoms. The molecule has 18 heavy (non-hydrogen) atoms. The molecular formula is C13H12N4O. The lowest BCUT2D eigenvalue weighted by Gasteiger charge is -2.16. The number of amides is 1. The van der Waals surface area contributed by atoms with E-state index in [9.17, 15) is 4.79 Å². The number of carbonyl (C=O) groups is 1. The maximum Gasteiger partial charge on any atom is 0.255 e. The van der Waals surface area contributed by atoms with E-state index in [1.807, 2.05) is 24.5 Å². The van der Waals surface area contributed by atoms with Crippen molar-refractivity contribution in [2.75, 3.05) is 7.05 Å². The maximum absolute atomic E-state index is 12.1. The van der Waals surface area contributed by atoms with Gasteiger partial charge in [-0.3, -0.25) is 4.79 Å². The van der Waals surface area contributed by atoms with E-state index in [1.165, 1.54) is 12.3 Å². The summed E-state index contributed by atoms with van der Waals surface area (Å²) in [6, 6.07) is 6.99. The molecule has 0 aliphatic heterocycles. The smallest absolute Gasteiger partial charge is 0.255 e. The van der Waals surface area contributed by atoms with Crippen LogP contribution >= 0.6 is 0 Å². The number of nitrogens with one attached hydrogen (secondary N) is 1. The van der Waals surface area contributed by atoms with Crippen LogP contribution in [0.15, 0.2) is 36.8 Å². The predicted octanol–water partition coefficient (Wildman–Crippen LogP) is 1.55. The summed E-state index contributed by atoms with van der Waals surface area (Å²) in [5.74, 6) is -0.117. The van der Waals surface area contributed by atoms with Gasteiger partial charge in [0.1, 0.15) is 11.8 Å². The number of H-pyrrole nitrogens is 1. The van der Waals surface area contributed by atoms with Crippen LogP contribution in [-0.4, -0.2) is 27.8 Å². The van der Waals surface area contributed by atoms with E-state index < -0.39 is 0 Å². The molecule has 5 heteroatoms. The molecule has 0 bridgehead atoms. The first-order valence-corrected chi connectivity index (χ1v) is 5.44. The first-order valence-electron chi connectivity index (χ1n) is 5.44. The lowest BCUT2D eigenvalue weighted by molar-refractivity contribution is 0.0784. The van der Waals surface area contributed by atoms with Gasteiger partial charge < -0.3 is 9.88 Å². The zero-order valence-corrected chi connectivity index (χ0v) is 9.92. The Morgan fingerprint density at radius 1 is 1.50 bits per heavy atom. The number of nitriles is 1. The highest BCUT2D eigenvalue weighted by molar-refractivity contribution is 5.93. The predicted molar refractivity (Wildman–Crippen MR) is 65.5 cm³/mol. The van der Waals surface area contributed by atoms with Gasteiger partial charge in [-0.05, 0) is 23.8 Å². The minimum absolute atomic E-state index is 0.117. The summed E-state index contributed by atoms with van der Waals surface area (Å²) in [5.41, 5.74) is 1.82. The molecule has 0 saturated carbocycles. The van der Waals surface area contributed by atoms with E-state index in [0.717, 1.165) is 5.56 Å². The van der Waals surface area contributed by atoms with Crippen molar-refractivity contribution < 1.29 is 4.79 Å². The lowest BCUT2D eigenvalue weighted by atomic mass is 10.2. The van der Waals surface area contributed by atoms with Crippen molar-refractivity contribution in [1.82, 2.24) is 14.9 Å². The SMILES string of the molecule is CN(Cc1cc[nH]c1)C(=O)c1ccc(C#N)nc1. The number of pyridine rings is 1. The van der Waals surface area contributed by atoms with Crippen molar-refractivity contribution in [3.63, 3.8) is 0 Å². The van der Waals surface area contributed by atoms with Crippen LogP contribution in [0.3, 0.4) is 0 Å². The molecule has 2 aromatic rings. The normalized spacial score (nSPS) is 9.78. The Morgan fingerprint density at radius 3 is 2.89 bits per heavy atom. The Morgan fingerprint density at radius 2 is 2.33 bits per heavy atom. The molecular weight excluding hydrogens is 228 g/mol. The summed E-state index contributed by atoms with van der Waals surface area (Å²) in [7, 11) is 1.73. The Labute approximate surface area is 105 Å². The van der Waals surface area contributed by atoms with E-state index in [4.69, 9.17) is 5.26 Å². The second kappa shape index (κ2) is 5.15. The summed E-state index contributed by atoms with van der Waals surface area (Å²) in [4.78, 5) is 20.5. The Hall–Kier alpha value is -2.61. The van der Waals surface area contributed by atoms with Crippen molar-refractivity contribution in [2.45, 2.75) is 6.54 Å². The lowest BCUT2D eigenvalue weighted by Crippen LogP contribution is -2.26. The number of hydrogen-bond acceptors (Lipinski definition) is 3. The summed E-state index contributed by atoms with van der Waals surface area (Å²) >= 11 is 0. The van der Waals surface area contributed by atoms with Gasteiger partial charge in [-0.25, -0.2) is 4.98 Å². The monoisotopic (exact) mass is 240 g/mol. The zero-order valence-electron chi connectivity index (χ0n) is 9.92. The third-order valence-corrected chi connectivity index (χ3v) is 2.55. The number of aromatic nitrogens is 2. The number of carbonyl (C=O) groups excluding carboxylic acids is 1. The summed E-state index contributed by atoms with van der Waals surface area (Å²) in [6.45, 7) is 0.530. The van der Waals surface area contributed by atoms with Crippen LogP contribution in [0.1, 0.15) is 21.6 Å². The van der Waals surface area contributed by atoms with E-state index in [2.05, 4.69) is 9.97 Å². The average Bonchev–Trinajstić information content (AvgIpc) is 2.91. The largest absolute Gasteiger partial charge is 0.367 e. The first-order chi connectivity index (χ1) is 8.70. The molecule has 5 nitrogen and oxygen atoms in total. The van der Waals surface area contributed by atoms with Crippen molar-refractivity contribution in [3.8, 4) is 6.07 Å². The minimum atomic E-state index is -0.117. The van der Waals surface area contributed by atoms with Gasteiger partial charge in [0.15, 0.2) is 0 Å².